The van der Waals surface area contributed by atoms with E-state index in [1.807, 2.05) is 0 Å². The Kier molecular flexibility index (Phi) is 1.66. The number of rotatable bonds is 1. The summed E-state index contributed by atoms with van der Waals surface area (Å²) in [4.78, 5) is 10.8. The number of nitrogen functional groups attached to an aromatic ring is 1. The molecule has 1 heterocycles. The van der Waals surface area contributed by atoms with Gasteiger partial charge in [-0.25, -0.2) is 4.79 Å². The van der Waals surface area contributed by atoms with Crippen LogP contribution in [0.15, 0.2) is 18.3 Å². The van der Waals surface area contributed by atoms with Crippen LogP contribution in [0.25, 0.3) is 10.1 Å². The summed E-state index contributed by atoms with van der Waals surface area (Å²) in [6.45, 7) is 0. The Morgan fingerprint density at radius 2 is 2.31 bits per heavy atom. The largest absolute Gasteiger partial charge is 0.478 e. The number of aromatic nitrogens is 1. The second kappa shape index (κ2) is 2.70. The molecule has 1 aromatic heterocycles. The molecule has 0 atom stereocenters. The van der Waals surface area contributed by atoms with E-state index in [0.717, 1.165) is 4.70 Å². The number of carboxylic acids is 1. The highest BCUT2D eigenvalue weighted by Crippen LogP contribution is 2.26. The van der Waals surface area contributed by atoms with Gasteiger partial charge in [0.05, 0.1) is 10.3 Å². The van der Waals surface area contributed by atoms with E-state index in [0.29, 0.717) is 5.39 Å². The van der Waals surface area contributed by atoms with Crippen LogP contribution in [0.5, 0.6) is 0 Å². The molecule has 0 spiro atoms. The maximum atomic E-state index is 10.8. The molecule has 4 nitrogen and oxygen atoms in total. The second-order valence-electron chi connectivity index (χ2n) is 2.57. The van der Waals surface area contributed by atoms with Crippen LogP contribution in [-0.2, 0) is 0 Å². The van der Waals surface area contributed by atoms with Gasteiger partial charge in [0.1, 0.15) is 0 Å². The van der Waals surface area contributed by atoms with Gasteiger partial charge in [-0.2, -0.15) is 4.37 Å². The molecule has 3 N–H and O–H groups in total. The van der Waals surface area contributed by atoms with E-state index in [1.54, 1.807) is 12.1 Å². The Hall–Kier alpha value is -1.62. The zero-order chi connectivity index (χ0) is 9.42. The molecule has 0 radical (unpaired) electrons. The van der Waals surface area contributed by atoms with Crippen LogP contribution in [0.2, 0.25) is 0 Å². The minimum absolute atomic E-state index is 0.145. The second-order valence-corrected chi connectivity index (χ2v) is 3.41. The fraction of sp³-hybridized carbons (Fsp3) is 0. The Balaban J connectivity index is 2.88. The maximum absolute atomic E-state index is 10.8. The summed E-state index contributed by atoms with van der Waals surface area (Å²) >= 11 is 1.26. The summed E-state index contributed by atoms with van der Waals surface area (Å²) < 4.78 is 4.75. The van der Waals surface area contributed by atoms with E-state index in [2.05, 4.69) is 4.37 Å². The Morgan fingerprint density at radius 1 is 1.54 bits per heavy atom. The molecule has 0 saturated heterocycles. The van der Waals surface area contributed by atoms with Crippen molar-refractivity contribution >= 4 is 33.3 Å². The third kappa shape index (κ3) is 1.13. The number of benzene rings is 1. The molecule has 5 heteroatoms. The lowest BCUT2D eigenvalue weighted by Gasteiger charge is -2.00. The van der Waals surface area contributed by atoms with Crippen molar-refractivity contribution in [3.63, 3.8) is 0 Å². The summed E-state index contributed by atoms with van der Waals surface area (Å²) in [6.07, 6.45) is 1.53. The van der Waals surface area contributed by atoms with Crippen LogP contribution in [-0.4, -0.2) is 15.4 Å². The zero-order valence-corrected chi connectivity index (χ0v) is 7.34. The van der Waals surface area contributed by atoms with Gasteiger partial charge in [-0.05, 0) is 23.7 Å². The van der Waals surface area contributed by atoms with Gasteiger partial charge in [-0.15, -0.1) is 0 Å². The van der Waals surface area contributed by atoms with Gasteiger partial charge in [0, 0.05) is 17.3 Å². The third-order valence-corrected chi connectivity index (χ3v) is 2.55. The highest BCUT2D eigenvalue weighted by atomic mass is 32.1. The fourth-order valence-electron chi connectivity index (χ4n) is 1.20. The number of hydrogen-bond donors (Lipinski definition) is 2. The van der Waals surface area contributed by atoms with E-state index in [-0.39, 0.29) is 11.3 Å². The van der Waals surface area contributed by atoms with Crippen LogP contribution in [0.3, 0.4) is 0 Å². The Morgan fingerprint density at radius 3 is 3.00 bits per heavy atom. The van der Waals surface area contributed by atoms with E-state index in [4.69, 9.17) is 10.8 Å². The first-order valence-electron chi connectivity index (χ1n) is 3.56. The molecule has 0 aliphatic rings. The minimum Gasteiger partial charge on any atom is -0.478 e. The molecule has 2 rings (SSSR count). The predicted octanol–water partition coefficient (Wildman–Crippen LogP) is 1.58. The lowest BCUT2D eigenvalue weighted by Crippen LogP contribution is -2.02. The number of fused-ring (bicyclic) bond motifs is 1. The number of anilines is 1. The van der Waals surface area contributed by atoms with E-state index in [9.17, 15) is 4.79 Å². The Labute approximate surface area is 77.8 Å². The highest BCUT2D eigenvalue weighted by molar-refractivity contribution is 7.13. The van der Waals surface area contributed by atoms with Crippen molar-refractivity contribution in [2.75, 3.05) is 5.73 Å². The normalized spacial score (nSPS) is 10.5. The summed E-state index contributed by atoms with van der Waals surface area (Å²) in [7, 11) is 0. The number of carboxylic acid groups (broad SMARTS) is 1. The molecule has 1 aromatic carbocycles. The molecule has 66 valence electrons. The van der Waals surface area contributed by atoms with Gasteiger partial charge in [-0.3, -0.25) is 0 Å². The lowest BCUT2D eigenvalue weighted by molar-refractivity contribution is 0.0700. The Bertz CT molecular complexity index is 478. The van der Waals surface area contributed by atoms with Gasteiger partial charge in [0.2, 0.25) is 0 Å². The topological polar surface area (TPSA) is 76.2 Å². The number of carbonyl (C=O) groups is 1. The molecule has 0 bridgehead atoms. The average Bonchev–Trinajstić information content (AvgIpc) is 2.50. The summed E-state index contributed by atoms with van der Waals surface area (Å²) in [5, 5.41) is 9.49. The first kappa shape index (κ1) is 8.00. The third-order valence-electron chi connectivity index (χ3n) is 1.78. The quantitative estimate of drug-likeness (QED) is 0.675. The summed E-state index contributed by atoms with van der Waals surface area (Å²) in [6, 6.07) is 3.36. The number of nitrogens with two attached hydrogens (primary N) is 1. The highest BCUT2D eigenvalue weighted by Gasteiger charge is 2.13. The van der Waals surface area contributed by atoms with Gasteiger partial charge in [0.15, 0.2) is 0 Å². The fourth-order valence-corrected chi connectivity index (χ4v) is 1.85. The zero-order valence-electron chi connectivity index (χ0n) is 6.52. The van der Waals surface area contributed by atoms with E-state index >= 15 is 0 Å². The average molecular weight is 194 g/mol. The first-order valence-corrected chi connectivity index (χ1v) is 4.33. The van der Waals surface area contributed by atoms with Crippen molar-refractivity contribution in [1.29, 1.82) is 0 Å². The van der Waals surface area contributed by atoms with Gasteiger partial charge >= 0.3 is 5.97 Å². The number of aromatic carboxylic acids is 1. The standard InChI is InChI=1S/C8H6N2O2S/c9-5-1-2-6-4(3-10-13-6)7(5)8(11)12/h1-3H,9H2,(H,11,12). The van der Waals surface area contributed by atoms with Crippen LogP contribution in [0.4, 0.5) is 5.69 Å². The molecular weight excluding hydrogens is 188 g/mol. The van der Waals surface area contributed by atoms with Crippen molar-refractivity contribution in [2.45, 2.75) is 0 Å². The van der Waals surface area contributed by atoms with Crippen LogP contribution >= 0.6 is 11.5 Å². The molecule has 0 amide bonds. The first-order chi connectivity index (χ1) is 6.20. The van der Waals surface area contributed by atoms with Crippen LogP contribution in [0, 0.1) is 0 Å². The van der Waals surface area contributed by atoms with Crippen molar-refractivity contribution in [3.8, 4) is 0 Å². The molecule has 0 fully saturated rings. The maximum Gasteiger partial charge on any atom is 0.338 e. The van der Waals surface area contributed by atoms with Gasteiger partial charge < -0.3 is 10.8 Å². The molecule has 0 aliphatic carbocycles. The monoisotopic (exact) mass is 194 g/mol. The van der Waals surface area contributed by atoms with E-state index in [1.165, 1.54) is 17.7 Å². The SMILES string of the molecule is Nc1ccc2sncc2c1C(=O)O. The van der Waals surface area contributed by atoms with Crippen LogP contribution < -0.4 is 5.73 Å². The van der Waals surface area contributed by atoms with Crippen molar-refractivity contribution < 1.29 is 9.90 Å². The number of hydrogen-bond acceptors (Lipinski definition) is 4. The molecule has 0 aliphatic heterocycles. The number of nitrogens with zero attached hydrogens (tertiary/aromatic N) is 1. The molecule has 0 unspecified atom stereocenters. The summed E-state index contributed by atoms with van der Waals surface area (Å²) in [5.41, 5.74) is 5.97. The van der Waals surface area contributed by atoms with Crippen molar-refractivity contribution in [3.05, 3.63) is 23.9 Å². The molecule has 13 heavy (non-hydrogen) atoms. The molecular formula is C8H6N2O2S. The van der Waals surface area contributed by atoms with Crippen molar-refractivity contribution in [1.82, 2.24) is 4.37 Å². The molecule has 2 aromatic rings. The lowest BCUT2D eigenvalue weighted by atomic mass is 10.1. The smallest absolute Gasteiger partial charge is 0.338 e. The predicted molar refractivity (Wildman–Crippen MR) is 51.0 cm³/mol. The summed E-state index contributed by atoms with van der Waals surface area (Å²) in [5.74, 6) is -1.01. The van der Waals surface area contributed by atoms with Crippen molar-refractivity contribution in [2.24, 2.45) is 0 Å². The van der Waals surface area contributed by atoms with Gasteiger partial charge in [0.25, 0.3) is 0 Å². The minimum atomic E-state index is -1.01. The molecule has 0 saturated carbocycles. The van der Waals surface area contributed by atoms with Gasteiger partial charge in [-0.1, -0.05) is 0 Å². The van der Waals surface area contributed by atoms with Crippen LogP contribution in [0.1, 0.15) is 10.4 Å². The van der Waals surface area contributed by atoms with E-state index < -0.39 is 5.97 Å².